The summed E-state index contributed by atoms with van der Waals surface area (Å²) in [7, 11) is 0. The number of aromatic nitrogens is 1. The number of carbonyl (C=O) groups excluding carboxylic acids is 2. The van der Waals surface area contributed by atoms with E-state index in [4.69, 9.17) is 4.74 Å². The minimum atomic E-state index is -4.53. The van der Waals surface area contributed by atoms with Gasteiger partial charge in [0.2, 0.25) is 5.91 Å². The molecule has 2 aromatic carbocycles. The van der Waals surface area contributed by atoms with Crippen LogP contribution < -0.4 is 4.90 Å². The molecule has 0 saturated carbocycles. The largest absolute Gasteiger partial charge is 0.459 e. The number of benzene rings is 2. The number of thiazole rings is 1. The lowest BCUT2D eigenvalue weighted by Crippen LogP contribution is -2.23. The van der Waals surface area contributed by atoms with E-state index in [-0.39, 0.29) is 29.8 Å². The van der Waals surface area contributed by atoms with Crippen LogP contribution in [0.5, 0.6) is 0 Å². The van der Waals surface area contributed by atoms with Crippen LogP contribution in [0, 0.1) is 0 Å². The van der Waals surface area contributed by atoms with E-state index < -0.39 is 23.6 Å². The van der Waals surface area contributed by atoms with Crippen molar-refractivity contribution in [2.75, 3.05) is 4.90 Å². The van der Waals surface area contributed by atoms with E-state index >= 15 is 0 Å². The van der Waals surface area contributed by atoms with Gasteiger partial charge in [-0.3, -0.25) is 14.5 Å². The molecular formula is C23H21F3N2O3S. The maximum atomic E-state index is 13.0. The minimum Gasteiger partial charge on any atom is -0.459 e. The summed E-state index contributed by atoms with van der Waals surface area (Å²) >= 11 is 1.08. The van der Waals surface area contributed by atoms with Gasteiger partial charge < -0.3 is 4.74 Å². The summed E-state index contributed by atoms with van der Waals surface area (Å²) in [6.07, 6.45) is -4.33. The van der Waals surface area contributed by atoms with Gasteiger partial charge in [0.25, 0.3) is 0 Å². The Balaban J connectivity index is 1.67. The number of hydrogen-bond donors (Lipinski definition) is 0. The molecule has 0 saturated heterocycles. The molecule has 1 heterocycles. The van der Waals surface area contributed by atoms with Crippen molar-refractivity contribution in [2.45, 2.75) is 39.0 Å². The Bertz CT molecular complexity index is 1080. The second kappa shape index (κ2) is 9.95. The Morgan fingerprint density at radius 1 is 1.12 bits per heavy atom. The maximum absolute atomic E-state index is 13.0. The van der Waals surface area contributed by atoms with E-state index in [9.17, 15) is 22.8 Å². The fraction of sp³-hybridized carbons (Fsp3) is 0.261. The summed E-state index contributed by atoms with van der Waals surface area (Å²) < 4.78 is 44.4. The smallest absolute Gasteiger partial charge is 0.416 e. The number of carbonyl (C=O) groups is 2. The number of alkyl halides is 3. The first kappa shape index (κ1) is 23.5. The summed E-state index contributed by atoms with van der Waals surface area (Å²) in [6, 6.07) is 14.1. The second-order valence-corrected chi connectivity index (χ2v) is 8.04. The molecule has 0 N–H and O–H groups in total. The molecule has 0 aliphatic carbocycles. The van der Waals surface area contributed by atoms with Crippen LogP contribution in [0.25, 0.3) is 0 Å². The van der Waals surface area contributed by atoms with Gasteiger partial charge in [0.05, 0.1) is 23.4 Å². The molecule has 0 fully saturated rings. The summed E-state index contributed by atoms with van der Waals surface area (Å²) in [4.78, 5) is 29.7. The van der Waals surface area contributed by atoms with Crippen molar-refractivity contribution < 1.29 is 27.5 Å². The van der Waals surface area contributed by atoms with Gasteiger partial charge >= 0.3 is 12.1 Å². The third-order valence-electron chi connectivity index (χ3n) is 4.70. The van der Waals surface area contributed by atoms with E-state index in [1.165, 1.54) is 19.1 Å². The van der Waals surface area contributed by atoms with Crippen LogP contribution in [-0.4, -0.2) is 16.9 Å². The molecule has 0 aliphatic rings. The van der Waals surface area contributed by atoms with Crippen LogP contribution in [0.3, 0.4) is 0 Å². The molecule has 0 radical (unpaired) electrons. The number of esters is 1. The average Bonchev–Trinajstić information content (AvgIpc) is 3.21. The van der Waals surface area contributed by atoms with E-state index in [1.807, 2.05) is 37.3 Å². The van der Waals surface area contributed by atoms with Crippen LogP contribution in [0.2, 0.25) is 0 Å². The number of amides is 1. The molecule has 5 nitrogen and oxygen atoms in total. The summed E-state index contributed by atoms with van der Waals surface area (Å²) in [5, 5.41) is 1.80. The first-order valence-corrected chi connectivity index (χ1v) is 10.7. The third-order valence-corrected chi connectivity index (χ3v) is 5.57. The molecule has 1 atom stereocenters. The van der Waals surface area contributed by atoms with Gasteiger partial charge in [-0.2, -0.15) is 13.2 Å². The zero-order valence-corrected chi connectivity index (χ0v) is 18.2. The zero-order chi connectivity index (χ0) is 23.3. The standard InChI is InChI=1S/C23H21F3N2O3S/c1-15(17-7-4-3-5-8-17)11-21(30)31-13-19-14-32-22(27-19)28(16(2)29)20-10-6-9-18(12-20)23(24,25)26/h3-10,12,14-15H,11,13H2,1-2H3. The van der Waals surface area contributed by atoms with Crippen molar-refractivity contribution in [1.82, 2.24) is 4.98 Å². The molecule has 1 amide bonds. The van der Waals surface area contributed by atoms with Crippen molar-refractivity contribution >= 4 is 34.0 Å². The number of ether oxygens (including phenoxy) is 1. The predicted molar refractivity (Wildman–Crippen MR) is 116 cm³/mol. The summed E-state index contributed by atoms with van der Waals surface area (Å²) in [5.74, 6) is -0.889. The van der Waals surface area contributed by atoms with Crippen LogP contribution in [0.1, 0.15) is 43.0 Å². The van der Waals surface area contributed by atoms with Gasteiger partial charge in [0, 0.05) is 12.3 Å². The third kappa shape index (κ3) is 5.94. The molecule has 32 heavy (non-hydrogen) atoms. The summed E-state index contributed by atoms with van der Waals surface area (Å²) in [6.45, 7) is 3.08. The quantitative estimate of drug-likeness (QED) is 0.399. The van der Waals surface area contributed by atoms with Crippen molar-refractivity contribution in [3.05, 3.63) is 76.8 Å². The van der Waals surface area contributed by atoms with E-state index in [1.54, 1.807) is 5.38 Å². The van der Waals surface area contributed by atoms with Gasteiger partial charge in [-0.05, 0) is 29.7 Å². The Hall–Kier alpha value is -3.20. The van der Waals surface area contributed by atoms with Gasteiger partial charge in [-0.15, -0.1) is 11.3 Å². The van der Waals surface area contributed by atoms with Gasteiger partial charge in [-0.1, -0.05) is 43.3 Å². The highest BCUT2D eigenvalue weighted by molar-refractivity contribution is 7.14. The number of nitrogens with zero attached hydrogens (tertiary/aromatic N) is 2. The topological polar surface area (TPSA) is 59.5 Å². The van der Waals surface area contributed by atoms with Crippen molar-refractivity contribution in [3.63, 3.8) is 0 Å². The van der Waals surface area contributed by atoms with Gasteiger partial charge in [0.15, 0.2) is 5.13 Å². The lowest BCUT2D eigenvalue weighted by atomic mass is 9.98. The first-order valence-electron chi connectivity index (χ1n) is 9.78. The van der Waals surface area contributed by atoms with Crippen molar-refractivity contribution in [2.24, 2.45) is 0 Å². The highest BCUT2D eigenvalue weighted by Crippen LogP contribution is 2.35. The molecule has 1 aromatic heterocycles. The normalized spacial score (nSPS) is 12.3. The number of anilines is 2. The molecule has 1 unspecified atom stereocenters. The average molecular weight is 462 g/mol. The molecule has 168 valence electrons. The second-order valence-electron chi connectivity index (χ2n) is 7.20. The van der Waals surface area contributed by atoms with E-state index in [0.29, 0.717) is 5.69 Å². The Morgan fingerprint density at radius 2 is 1.84 bits per heavy atom. The predicted octanol–water partition coefficient (Wildman–Crippen LogP) is 6.08. The molecule has 3 aromatic rings. The Labute approximate surface area is 187 Å². The molecular weight excluding hydrogens is 441 g/mol. The summed E-state index contributed by atoms with van der Waals surface area (Å²) in [5.41, 5.74) is 0.629. The highest BCUT2D eigenvalue weighted by atomic mass is 32.1. The Kier molecular flexibility index (Phi) is 7.29. The number of hydrogen-bond acceptors (Lipinski definition) is 5. The Morgan fingerprint density at radius 3 is 2.50 bits per heavy atom. The lowest BCUT2D eigenvalue weighted by Gasteiger charge is -2.19. The van der Waals surface area contributed by atoms with E-state index in [2.05, 4.69) is 4.98 Å². The first-order chi connectivity index (χ1) is 15.1. The van der Waals surface area contributed by atoms with Crippen LogP contribution in [-0.2, 0) is 27.1 Å². The maximum Gasteiger partial charge on any atom is 0.416 e. The molecule has 0 aliphatic heterocycles. The molecule has 9 heteroatoms. The van der Waals surface area contributed by atoms with Gasteiger partial charge in [0.1, 0.15) is 6.61 Å². The molecule has 3 rings (SSSR count). The lowest BCUT2D eigenvalue weighted by molar-refractivity contribution is -0.145. The molecule has 0 spiro atoms. The van der Waals surface area contributed by atoms with Crippen LogP contribution >= 0.6 is 11.3 Å². The SMILES string of the molecule is CC(=O)N(c1cccc(C(F)(F)F)c1)c1nc(COC(=O)CC(C)c2ccccc2)cs1. The van der Waals surface area contributed by atoms with E-state index in [0.717, 1.165) is 33.9 Å². The highest BCUT2D eigenvalue weighted by Gasteiger charge is 2.31. The minimum absolute atomic E-state index is 0.0104. The fourth-order valence-electron chi connectivity index (χ4n) is 3.08. The van der Waals surface area contributed by atoms with Crippen LogP contribution in [0.4, 0.5) is 24.0 Å². The monoisotopic (exact) mass is 462 g/mol. The molecule has 0 bridgehead atoms. The van der Waals surface area contributed by atoms with Crippen molar-refractivity contribution in [3.8, 4) is 0 Å². The number of halogens is 3. The van der Waals surface area contributed by atoms with Crippen LogP contribution in [0.15, 0.2) is 60.0 Å². The van der Waals surface area contributed by atoms with Crippen molar-refractivity contribution in [1.29, 1.82) is 0 Å². The fourth-order valence-corrected chi connectivity index (χ4v) is 3.95. The van der Waals surface area contributed by atoms with Gasteiger partial charge in [-0.25, -0.2) is 4.98 Å². The zero-order valence-electron chi connectivity index (χ0n) is 17.4. The number of rotatable bonds is 7.